The normalized spacial score (nSPS) is 10.8. The summed E-state index contributed by atoms with van der Waals surface area (Å²) in [5, 5.41) is 12.2. The average Bonchev–Trinajstić information content (AvgIpc) is 3.28. The number of esters is 1. The van der Waals surface area contributed by atoms with Crippen LogP contribution in [0.4, 0.5) is 0 Å². The second kappa shape index (κ2) is 7.54. The maximum atomic E-state index is 11.8. The van der Waals surface area contributed by atoms with Crippen molar-refractivity contribution in [3.63, 3.8) is 0 Å². The molecular formula is C17H14N4O3S. The highest BCUT2D eigenvalue weighted by Crippen LogP contribution is 2.16. The summed E-state index contributed by atoms with van der Waals surface area (Å²) < 4.78 is 5.26. The third-order valence-electron chi connectivity index (χ3n) is 3.13. The van der Waals surface area contributed by atoms with Crippen molar-refractivity contribution in [2.24, 2.45) is 5.10 Å². The SMILES string of the molecule is Cc1cc(C(=O)N/N=C\c2ccc(OC(=O)c3cccs3)cc2)n[nH]1. The number of hydrogen-bond donors (Lipinski definition) is 2. The number of carbonyl (C=O) groups is 2. The summed E-state index contributed by atoms with van der Waals surface area (Å²) in [6.45, 7) is 1.81. The Morgan fingerprint density at radius 3 is 2.72 bits per heavy atom. The highest BCUT2D eigenvalue weighted by Gasteiger charge is 2.09. The quantitative estimate of drug-likeness (QED) is 0.319. The summed E-state index contributed by atoms with van der Waals surface area (Å²) in [6, 6.07) is 11.9. The van der Waals surface area contributed by atoms with Gasteiger partial charge < -0.3 is 4.74 Å². The van der Waals surface area contributed by atoms with Gasteiger partial charge in [0.15, 0.2) is 5.69 Å². The molecule has 126 valence electrons. The van der Waals surface area contributed by atoms with Crippen molar-refractivity contribution < 1.29 is 14.3 Å². The van der Waals surface area contributed by atoms with E-state index in [1.807, 2.05) is 5.38 Å². The lowest BCUT2D eigenvalue weighted by Crippen LogP contribution is -2.18. The van der Waals surface area contributed by atoms with E-state index >= 15 is 0 Å². The molecule has 0 saturated carbocycles. The highest BCUT2D eigenvalue weighted by atomic mass is 32.1. The summed E-state index contributed by atoms with van der Waals surface area (Å²) in [5.41, 5.74) is 4.20. The minimum absolute atomic E-state index is 0.269. The van der Waals surface area contributed by atoms with Crippen molar-refractivity contribution in [1.29, 1.82) is 0 Å². The average molecular weight is 354 g/mol. The molecule has 0 saturated heterocycles. The first-order valence-electron chi connectivity index (χ1n) is 7.33. The third kappa shape index (κ3) is 4.39. The zero-order chi connectivity index (χ0) is 17.6. The van der Waals surface area contributed by atoms with Crippen molar-refractivity contribution in [3.05, 3.63) is 69.7 Å². The second-order valence-corrected chi connectivity index (χ2v) is 6.02. The van der Waals surface area contributed by atoms with Crippen LogP contribution in [0, 0.1) is 6.92 Å². The molecular weight excluding hydrogens is 340 g/mol. The number of aryl methyl sites for hydroxylation is 1. The van der Waals surface area contributed by atoms with E-state index in [4.69, 9.17) is 4.74 Å². The Labute approximate surface area is 147 Å². The highest BCUT2D eigenvalue weighted by molar-refractivity contribution is 7.12. The number of aromatic amines is 1. The molecule has 25 heavy (non-hydrogen) atoms. The minimum atomic E-state index is -0.401. The van der Waals surface area contributed by atoms with Gasteiger partial charge in [-0.1, -0.05) is 6.07 Å². The van der Waals surface area contributed by atoms with Gasteiger partial charge in [-0.25, -0.2) is 10.2 Å². The van der Waals surface area contributed by atoms with Crippen LogP contribution in [0.25, 0.3) is 0 Å². The van der Waals surface area contributed by atoms with Crippen LogP contribution in [0.2, 0.25) is 0 Å². The fraction of sp³-hybridized carbons (Fsp3) is 0.0588. The van der Waals surface area contributed by atoms with Crippen molar-refractivity contribution in [1.82, 2.24) is 15.6 Å². The fourth-order valence-electron chi connectivity index (χ4n) is 1.93. The zero-order valence-corrected chi connectivity index (χ0v) is 14.0. The topological polar surface area (TPSA) is 96.4 Å². The largest absolute Gasteiger partial charge is 0.422 e. The number of nitrogens with one attached hydrogen (secondary N) is 2. The zero-order valence-electron chi connectivity index (χ0n) is 13.2. The molecule has 2 heterocycles. The number of aromatic nitrogens is 2. The Morgan fingerprint density at radius 1 is 1.28 bits per heavy atom. The smallest absolute Gasteiger partial charge is 0.353 e. The van der Waals surface area contributed by atoms with Gasteiger partial charge in [-0.2, -0.15) is 10.2 Å². The number of hydrogen-bond acceptors (Lipinski definition) is 6. The van der Waals surface area contributed by atoms with Gasteiger partial charge in [0, 0.05) is 5.69 Å². The lowest BCUT2D eigenvalue weighted by Gasteiger charge is -2.02. The van der Waals surface area contributed by atoms with Crippen LogP contribution in [-0.4, -0.2) is 28.3 Å². The Morgan fingerprint density at radius 2 is 2.08 bits per heavy atom. The molecule has 0 bridgehead atoms. The number of amides is 1. The molecule has 0 spiro atoms. The van der Waals surface area contributed by atoms with Gasteiger partial charge in [-0.15, -0.1) is 11.3 Å². The molecule has 8 heteroatoms. The van der Waals surface area contributed by atoms with Crippen molar-refractivity contribution in [2.45, 2.75) is 6.92 Å². The lowest BCUT2D eigenvalue weighted by atomic mass is 10.2. The van der Waals surface area contributed by atoms with E-state index in [0.717, 1.165) is 11.3 Å². The molecule has 0 radical (unpaired) electrons. The maximum Gasteiger partial charge on any atom is 0.353 e. The van der Waals surface area contributed by atoms with Gasteiger partial charge in [0.1, 0.15) is 10.6 Å². The van der Waals surface area contributed by atoms with Crippen molar-refractivity contribution in [2.75, 3.05) is 0 Å². The van der Waals surface area contributed by atoms with Gasteiger partial charge >= 0.3 is 5.97 Å². The number of hydrazone groups is 1. The molecule has 1 aromatic carbocycles. The summed E-state index contributed by atoms with van der Waals surface area (Å²) in [4.78, 5) is 24.2. The number of ether oxygens (including phenoxy) is 1. The van der Waals surface area contributed by atoms with Gasteiger partial charge in [0.05, 0.1) is 6.21 Å². The number of rotatable bonds is 5. The number of carbonyl (C=O) groups excluding carboxylic acids is 2. The molecule has 0 aliphatic heterocycles. The molecule has 0 fully saturated rings. The van der Waals surface area contributed by atoms with Gasteiger partial charge in [-0.3, -0.25) is 9.89 Å². The van der Waals surface area contributed by atoms with Crippen LogP contribution in [0.15, 0.2) is 52.9 Å². The number of benzene rings is 1. The molecule has 0 aliphatic carbocycles. The Hall–Kier alpha value is -3.26. The van der Waals surface area contributed by atoms with E-state index < -0.39 is 11.9 Å². The van der Waals surface area contributed by atoms with E-state index in [0.29, 0.717) is 10.6 Å². The summed E-state index contributed by atoms with van der Waals surface area (Å²) in [5.74, 6) is -0.355. The van der Waals surface area contributed by atoms with E-state index in [1.54, 1.807) is 49.4 Å². The third-order valence-corrected chi connectivity index (χ3v) is 3.98. The first kappa shape index (κ1) is 16.6. The van der Waals surface area contributed by atoms with E-state index in [2.05, 4.69) is 20.7 Å². The first-order chi connectivity index (χ1) is 12.1. The van der Waals surface area contributed by atoms with Crippen molar-refractivity contribution >= 4 is 29.4 Å². The standard InChI is InChI=1S/C17H14N4O3S/c1-11-9-14(20-19-11)16(22)21-18-10-12-4-6-13(7-5-12)24-17(23)15-3-2-8-25-15/h2-10H,1H3,(H,19,20)(H,21,22)/b18-10-. The molecule has 2 aromatic heterocycles. The molecule has 0 unspecified atom stereocenters. The molecule has 7 nitrogen and oxygen atoms in total. The van der Waals surface area contributed by atoms with Gasteiger partial charge in [0.2, 0.25) is 0 Å². The predicted octanol–water partition coefficient (Wildman–Crippen LogP) is 2.76. The van der Waals surface area contributed by atoms with Gasteiger partial charge in [0.25, 0.3) is 5.91 Å². The Bertz CT molecular complexity index is 898. The predicted molar refractivity (Wildman–Crippen MR) is 94.1 cm³/mol. The van der Waals surface area contributed by atoms with E-state index in [1.165, 1.54) is 17.6 Å². The Kier molecular flexibility index (Phi) is 5.00. The maximum absolute atomic E-state index is 11.8. The molecule has 3 aromatic rings. The van der Waals surface area contributed by atoms with Crippen LogP contribution in [0.1, 0.15) is 31.4 Å². The Balaban J connectivity index is 1.55. The van der Waals surface area contributed by atoms with Crippen LogP contribution < -0.4 is 10.2 Å². The van der Waals surface area contributed by atoms with Gasteiger partial charge in [-0.05, 0) is 54.3 Å². The number of H-pyrrole nitrogens is 1. The molecule has 1 amide bonds. The molecule has 0 aliphatic rings. The van der Waals surface area contributed by atoms with Crippen molar-refractivity contribution in [3.8, 4) is 5.75 Å². The fourth-order valence-corrected chi connectivity index (χ4v) is 2.53. The lowest BCUT2D eigenvalue weighted by molar-refractivity contribution is 0.0739. The first-order valence-corrected chi connectivity index (χ1v) is 8.21. The summed E-state index contributed by atoms with van der Waals surface area (Å²) >= 11 is 1.32. The van der Waals surface area contributed by atoms with Crippen LogP contribution >= 0.6 is 11.3 Å². The van der Waals surface area contributed by atoms with E-state index in [-0.39, 0.29) is 5.69 Å². The van der Waals surface area contributed by atoms with Crippen LogP contribution in [0.3, 0.4) is 0 Å². The molecule has 2 N–H and O–H groups in total. The summed E-state index contributed by atoms with van der Waals surface area (Å²) in [6.07, 6.45) is 1.49. The second-order valence-electron chi connectivity index (χ2n) is 5.07. The molecule has 0 atom stereocenters. The number of thiophene rings is 1. The van der Waals surface area contributed by atoms with E-state index in [9.17, 15) is 9.59 Å². The van der Waals surface area contributed by atoms with Crippen LogP contribution in [-0.2, 0) is 0 Å². The minimum Gasteiger partial charge on any atom is -0.422 e. The monoisotopic (exact) mass is 354 g/mol. The summed E-state index contributed by atoms with van der Waals surface area (Å²) in [7, 11) is 0. The molecule has 3 rings (SSSR count). The van der Waals surface area contributed by atoms with Crippen LogP contribution in [0.5, 0.6) is 5.75 Å². The number of nitrogens with zero attached hydrogens (tertiary/aromatic N) is 2.